The van der Waals surface area contributed by atoms with Gasteiger partial charge in [-0.15, -0.1) is 0 Å². The summed E-state index contributed by atoms with van der Waals surface area (Å²) in [6.45, 7) is 3.65. The highest BCUT2D eigenvalue weighted by atomic mass is 16.7. The number of aliphatic hydroxyl groups is 3. The Morgan fingerprint density at radius 1 is 1.13 bits per heavy atom. The fourth-order valence-corrected chi connectivity index (χ4v) is 1.84. The lowest BCUT2D eigenvalue weighted by Gasteiger charge is -2.47. The molecule has 2 aliphatic heterocycles. The standard InChI is InChI=1S/C9H16O6/c1-9(2)13-3-4-7(15-9)5(10)6(11)8(12)14-4/h4-8,10-12H,3H2,1-2H3/t4-,5-,6-,7+,8+/m1/s1. The summed E-state index contributed by atoms with van der Waals surface area (Å²) in [5.74, 6) is -0.812. The lowest BCUT2D eigenvalue weighted by atomic mass is 9.98. The van der Waals surface area contributed by atoms with E-state index in [0.29, 0.717) is 0 Å². The molecule has 0 aromatic heterocycles. The minimum atomic E-state index is -1.39. The fraction of sp³-hybridized carbons (Fsp3) is 1.00. The summed E-state index contributed by atoms with van der Waals surface area (Å²) in [4.78, 5) is 0. The van der Waals surface area contributed by atoms with Crippen LogP contribution in [0.25, 0.3) is 0 Å². The first-order valence-electron chi connectivity index (χ1n) is 4.92. The van der Waals surface area contributed by atoms with E-state index >= 15 is 0 Å². The summed E-state index contributed by atoms with van der Waals surface area (Å²) in [5, 5.41) is 28.4. The van der Waals surface area contributed by atoms with E-state index in [1.165, 1.54) is 0 Å². The van der Waals surface area contributed by atoms with Crippen molar-refractivity contribution in [1.82, 2.24) is 0 Å². The molecule has 0 spiro atoms. The van der Waals surface area contributed by atoms with Crippen LogP contribution < -0.4 is 0 Å². The zero-order chi connectivity index (χ0) is 11.2. The molecule has 0 radical (unpaired) electrons. The van der Waals surface area contributed by atoms with Crippen LogP contribution >= 0.6 is 0 Å². The Morgan fingerprint density at radius 3 is 2.47 bits per heavy atom. The molecule has 0 aromatic carbocycles. The van der Waals surface area contributed by atoms with Gasteiger partial charge in [-0.25, -0.2) is 0 Å². The lowest BCUT2D eigenvalue weighted by Crippen LogP contribution is -2.64. The van der Waals surface area contributed by atoms with E-state index in [1.807, 2.05) is 0 Å². The van der Waals surface area contributed by atoms with Gasteiger partial charge >= 0.3 is 0 Å². The van der Waals surface area contributed by atoms with Gasteiger partial charge in [-0.3, -0.25) is 0 Å². The van der Waals surface area contributed by atoms with E-state index in [1.54, 1.807) is 13.8 Å². The Hall–Kier alpha value is -0.240. The van der Waals surface area contributed by atoms with Gasteiger partial charge in [0.1, 0.15) is 24.4 Å². The number of fused-ring (bicyclic) bond motifs is 1. The summed E-state index contributed by atoms with van der Waals surface area (Å²) in [6, 6.07) is 0. The summed E-state index contributed by atoms with van der Waals surface area (Å²) < 4.78 is 15.8. The van der Waals surface area contributed by atoms with Crippen LogP contribution in [0.1, 0.15) is 13.8 Å². The van der Waals surface area contributed by atoms with E-state index in [-0.39, 0.29) is 6.61 Å². The molecule has 88 valence electrons. The van der Waals surface area contributed by atoms with Crippen LogP contribution in [-0.4, -0.2) is 58.4 Å². The Labute approximate surface area is 87.4 Å². The van der Waals surface area contributed by atoms with Gasteiger partial charge in [0.05, 0.1) is 6.61 Å². The van der Waals surface area contributed by atoms with Gasteiger partial charge in [0.25, 0.3) is 0 Å². The first kappa shape index (κ1) is 11.3. The fourth-order valence-electron chi connectivity index (χ4n) is 1.84. The average Bonchev–Trinajstić information content (AvgIpc) is 2.16. The van der Waals surface area contributed by atoms with Crippen LogP contribution in [-0.2, 0) is 14.2 Å². The van der Waals surface area contributed by atoms with Gasteiger partial charge in [0, 0.05) is 0 Å². The molecule has 2 heterocycles. The van der Waals surface area contributed by atoms with Gasteiger partial charge in [-0.1, -0.05) is 0 Å². The normalized spacial score (nSPS) is 49.8. The number of hydrogen-bond donors (Lipinski definition) is 3. The highest BCUT2D eigenvalue weighted by Crippen LogP contribution is 2.31. The second-order valence-electron chi connectivity index (χ2n) is 4.34. The van der Waals surface area contributed by atoms with Crippen molar-refractivity contribution in [3.05, 3.63) is 0 Å². The number of rotatable bonds is 0. The van der Waals surface area contributed by atoms with Crippen LogP contribution in [0.5, 0.6) is 0 Å². The van der Waals surface area contributed by atoms with Gasteiger partial charge in [-0.05, 0) is 13.8 Å². The highest BCUT2D eigenvalue weighted by Gasteiger charge is 2.49. The van der Waals surface area contributed by atoms with Crippen molar-refractivity contribution >= 4 is 0 Å². The molecule has 2 saturated heterocycles. The van der Waals surface area contributed by atoms with E-state index in [2.05, 4.69) is 0 Å². The van der Waals surface area contributed by atoms with E-state index in [9.17, 15) is 15.3 Å². The van der Waals surface area contributed by atoms with Crippen molar-refractivity contribution in [1.29, 1.82) is 0 Å². The number of aliphatic hydroxyl groups excluding tert-OH is 3. The smallest absolute Gasteiger partial charge is 0.184 e. The Kier molecular flexibility index (Phi) is 2.74. The molecular weight excluding hydrogens is 204 g/mol. The van der Waals surface area contributed by atoms with Crippen molar-refractivity contribution in [2.75, 3.05) is 6.61 Å². The molecule has 6 nitrogen and oxygen atoms in total. The second-order valence-corrected chi connectivity index (χ2v) is 4.34. The topological polar surface area (TPSA) is 88.4 Å². The third-order valence-electron chi connectivity index (χ3n) is 2.67. The van der Waals surface area contributed by atoms with Gasteiger partial charge < -0.3 is 29.5 Å². The van der Waals surface area contributed by atoms with Gasteiger partial charge in [0.15, 0.2) is 12.1 Å². The third-order valence-corrected chi connectivity index (χ3v) is 2.67. The maximum absolute atomic E-state index is 9.70. The maximum Gasteiger partial charge on any atom is 0.184 e. The molecule has 2 aliphatic rings. The molecule has 2 rings (SSSR count). The minimum Gasteiger partial charge on any atom is -0.387 e. The summed E-state index contributed by atoms with van der Waals surface area (Å²) in [5.41, 5.74) is 0. The predicted molar refractivity (Wildman–Crippen MR) is 47.8 cm³/mol. The van der Waals surface area contributed by atoms with Crippen LogP contribution in [0, 0.1) is 0 Å². The Morgan fingerprint density at radius 2 is 1.80 bits per heavy atom. The summed E-state index contributed by atoms with van der Waals surface area (Å²) >= 11 is 0. The zero-order valence-electron chi connectivity index (χ0n) is 8.66. The molecule has 2 fully saturated rings. The molecule has 6 heteroatoms. The Bertz CT molecular complexity index is 241. The van der Waals surface area contributed by atoms with E-state index in [4.69, 9.17) is 14.2 Å². The summed E-state index contributed by atoms with van der Waals surface area (Å²) in [6.07, 6.45) is -5.13. The van der Waals surface area contributed by atoms with Crippen LogP contribution in [0.15, 0.2) is 0 Å². The van der Waals surface area contributed by atoms with E-state index < -0.39 is 36.5 Å². The molecule has 0 unspecified atom stereocenters. The van der Waals surface area contributed by atoms with E-state index in [0.717, 1.165) is 0 Å². The van der Waals surface area contributed by atoms with Crippen LogP contribution in [0.4, 0.5) is 0 Å². The minimum absolute atomic E-state index is 0.221. The van der Waals surface area contributed by atoms with Crippen molar-refractivity contribution < 1.29 is 29.5 Å². The molecule has 3 N–H and O–H groups in total. The maximum atomic E-state index is 9.70. The molecule has 0 aromatic rings. The Balaban J connectivity index is 2.12. The molecular formula is C9H16O6. The zero-order valence-corrected chi connectivity index (χ0v) is 8.66. The van der Waals surface area contributed by atoms with Crippen LogP contribution in [0.2, 0.25) is 0 Å². The molecule has 0 saturated carbocycles. The monoisotopic (exact) mass is 220 g/mol. The van der Waals surface area contributed by atoms with Gasteiger partial charge in [-0.2, -0.15) is 0 Å². The van der Waals surface area contributed by atoms with Crippen molar-refractivity contribution in [3.63, 3.8) is 0 Å². The number of hydrogen-bond acceptors (Lipinski definition) is 6. The molecule has 5 atom stereocenters. The molecule has 0 amide bonds. The second kappa shape index (κ2) is 3.65. The van der Waals surface area contributed by atoms with Crippen molar-refractivity contribution in [2.24, 2.45) is 0 Å². The van der Waals surface area contributed by atoms with Crippen molar-refractivity contribution in [2.45, 2.75) is 50.3 Å². The summed E-state index contributed by atoms with van der Waals surface area (Å²) in [7, 11) is 0. The SMILES string of the molecule is CC1(C)OC[C@H]2O[C@H](O)[C@H](O)[C@@H](O)[C@H]2O1. The predicted octanol–water partition coefficient (Wildman–Crippen LogP) is -1.42. The first-order chi connectivity index (χ1) is 6.91. The third kappa shape index (κ3) is 2.01. The largest absolute Gasteiger partial charge is 0.387 e. The number of ether oxygens (including phenoxy) is 3. The quantitative estimate of drug-likeness (QED) is 0.464. The van der Waals surface area contributed by atoms with Gasteiger partial charge in [0.2, 0.25) is 0 Å². The van der Waals surface area contributed by atoms with Crippen LogP contribution in [0.3, 0.4) is 0 Å². The first-order valence-corrected chi connectivity index (χ1v) is 4.92. The molecule has 0 aliphatic carbocycles. The lowest BCUT2D eigenvalue weighted by molar-refractivity contribution is -0.377. The van der Waals surface area contributed by atoms with Crippen molar-refractivity contribution in [3.8, 4) is 0 Å². The molecule has 15 heavy (non-hydrogen) atoms. The molecule has 0 bridgehead atoms. The average molecular weight is 220 g/mol. The highest BCUT2D eigenvalue weighted by molar-refractivity contribution is 4.92.